The summed E-state index contributed by atoms with van der Waals surface area (Å²) in [6.45, 7) is 7.95. The van der Waals surface area contributed by atoms with Crippen LogP contribution in [-0.2, 0) is 14.8 Å². The molecule has 1 fully saturated rings. The summed E-state index contributed by atoms with van der Waals surface area (Å²) in [6, 6.07) is 3.07. The fourth-order valence-electron chi connectivity index (χ4n) is 3.01. The van der Waals surface area contributed by atoms with Crippen molar-refractivity contribution in [2.45, 2.75) is 38.6 Å². The van der Waals surface area contributed by atoms with Gasteiger partial charge in [0.2, 0.25) is 15.9 Å². The second-order valence-electron chi connectivity index (χ2n) is 5.78. The summed E-state index contributed by atoms with van der Waals surface area (Å²) in [5.74, 6) is -0.160. The van der Waals surface area contributed by atoms with E-state index in [0.717, 1.165) is 16.7 Å². The van der Waals surface area contributed by atoms with Crippen LogP contribution in [0.15, 0.2) is 17.0 Å². The van der Waals surface area contributed by atoms with Crippen molar-refractivity contribution in [3.05, 3.63) is 28.8 Å². The molecule has 1 heterocycles. The highest BCUT2D eigenvalue weighted by molar-refractivity contribution is 7.89. The number of nitrogens with zero attached hydrogens (tertiary/aromatic N) is 2. The number of rotatable bonds is 2. The fourth-order valence-corrected chi connectivity index (χ4v) is 5.01. The first-order chi connectivity index (χ1) is 9.66. The van der Waals surface area contributed by atoms with E-state index in [4.69, 9.17) is 0 Å². The standard InChI is InChI=1S/C15H22N2O3S/c1-10-8-11(2)14(12(3)9-10)21(19,20)17-7-6-16(5)15(18)13(17)4/h8-9,13H,6-7H2,1-5H3. The predicted molar refractivity (Wildman–Crippen MR) is 81.6 cm³/mol. The third-order valence-corrected chi connectivity index (χ3v) is 6.27. The number of sulfonamides is 1. The Morgan fingerprint density at radius 3 is 2.14 bits per heavy atom. The SMILES string of the molecule is Cc1cc(C)c(S(=O)(=O)N2CCN(C)C(=O)C2C)c(C)c1. The van der Waals surface area contributed by atoms with Crippen LogP contribution in [0.1, 0.15) is 23.6 Å². The van der Waals surface area contributed by atoms with Gasteiger partial charge in [0.25, 0.3) is 0 Å². The molecule has 0 aromatic heterocycles. The monoisotopic (exact) mass is 310 g/mol. The number of carbonyl (C=O) groups is 1. The van der Waals surface area contributed by atoms with Crippen LogP contribution in [0, 0.1) is 20.8 Å². The Kier molecular flexibility index (Phi) is 4.13. The zero-order valence-electron chi connectivity index (χ0n) is 13.2. The van der Waals surface area contributed by atoms with Crippen LogP contribution in [0.5, 0.6) is 0 Å². The summed E-state index contributed by atoms with van der Waals surface area (Å²) in [5, 5.41) is 0. The molecule has 1 amide bonds. The minimum atomic E-state index is -3.66. The van der Waals surface area contributed by atoms with Crippen molar-refractivity contribution in [1.82, 2.24) is 9.21 Å². The highest BCUT2D eigenvalue weighted by Crippen LogP contribution is 2.27. The summed E-state index contributed by atoms with van der Waals surface area (Å²) in [4.78, 5) is 14.0. The zero-order valence-corrected chi connectivity index (χ0v) is 14.0. The second-order valence-corrected chi connectivity index (χ2v) is 7.61. The summed E-state index contributed by atoms with van der Waals surface area (Å²) >= 11 is 0. The largest absolute Gasteiger partial charge is 0.343 e. The average Bonchev–Trinajstić information content (AvgIpc) is 2.33. The molecule has 6 heteroatoms. The number of aryl methyl sites for hydroxylation is 3. The lowest BCUT2D eigenvalue weighted by molar-refractivity contribution is -0.136. The van der Waals surface area contributed by atoms with Crippen LogP contribution in [0.2, 0.25) is 0 Å². The normalized spacial score (nSPS) is 20.9. The van der Waals surface area contributed by atoms with E-state index >= 15 is 0 Å². The molecule has 1 atom stereocenters. The third-order valence-electron chi connectivity index (χ3n) is 3.99. The van der Waals surface area contributed by atoms with Crippen LogP contribution in [0.3, 0.4) is 0 Å². The van der Waals surface area contributed by atoms with Crippen molar-refractivity contribution < 1.29 is 13.2 Å². The number of hydrogen-bond acceptors (Lipinski definition) is 3. The number of piperazine rings is 1. The molecule has 1 aliphatic heterocycles. The lowest BCUT2D eigenvalue weighted by atomic mass is 10.1. The van der Waals surface area contributed by atoms with E-state index < -0.39 is 16.1 Å². The Labute approximate surface area is 126 Å². The topological polar surface area (TPSA) is 57.7 Å². The van der Waals surface area contributed by atoms with Gasteiger partial charge in [0, 0.05) is 20.1 Å². The number of carbonyl (C=O) groups excluding carboxylic acids is 1. The molecule has 0 saturated carbocycles. The van der Waals surface area contributed by atoms with Gasteiger partial charge in [-0.15, -0.1) is 0 Å². The van der Waals surface area contributed by atoms with Gasteiger partial charge >= 0.3 is 0 Å². The minimum absolute atomic E-state index is 0.160. The molecule has 1 aromatic carbocycles. The van der Waals surface area contributed by atoms with E-state index in [9.17, 15) is 13.2 Å². The van der Waals surface area contributed by atoms with Crippen LogP contribution in [0.25, 0.3) is 0 Å². The maximum absolute atomic E-state index is 13.0. The van der Waals surface area contributed by atoms with Crippen molar-refractivity contribution in [2.24, 2.45) is 0 Å². The number of hydrogen-bond donors (Lipinski definition) is 0. The Balaban J connectivity index is 2.51. The zero-order chi connectivity index (χ0) is 15.9. The molecule has 2 rings (SSSR count). The molecule has 1 saturated heterocycles. The van der Waals surface area contributed by atoms with Crippen molar-refractivity contribution in [2.75, 3.05) is 20.1 Å². The fraction of sp³-hybridized carbons (Fsp3) is 0.533. The van der Waals surface area contributed by atoms with Gasteiger partial charge < -0.3 is 4.90 Å². The van der Waals surface area contributed by atoms with Crippen LogP contribution in [-0.4, -0.2) is 49.7 Å². The molecule has 0 spiro atoms. The molecule has 5 nitrogen and oxygen atoms in total. The summed E-state index contributed by atoms with van der Waals surface area (Å²) < 4.78 is 27.2. The Morgan fingerprint density at radius 1 is 1.10 bits per heavy atom. The smallest absolute Gasteiger partial charge is 0.244 e. The maximum atomic E-state index is 13.0. The molecule has 0 N–H and O–H groups in total. The summed E-state index contributed by atoms with van der Waals surface area (Å²) in [6.07, 6.45) is 0. The van der Waals surface area contributed by atoms with Gasteiger partial charge in [-0.2, -0.15) is 4.31 Å². The molecular formula is C15H22N2O3S. The lowest BCUT2D eigenvalue weighted by Gasteiger charge is -2.36. The number of amides is 1. The molecule has 0 aliphatic carbocycles. The summed E-state index contributed by atoms with van der Waals surface area (Å²) in [5.41, 5.74) is 2.49. The number of benzene rings is 1. The first kappa shape index (κ1) is 16.0. The third kappa shape index (κ3) is 2.70. The van der Waals surface area contributed by atoms with Gasteiger partial charge in [-0.3, -0.25) is 4.79 Å². The van der Waals surface area contributed by atoms with E-state index in [-0.39, 0.29) is 5.91 Å². The Morgan fingerprint density at radius 2 is 1.62 bits per heavy atom. The average molecular weight is 310 g/mol. The Bertz CT molecular complexity index is 659. The van der Waals surface area contributed by atoms with Crippen LogP contribution < -0.4 is 0 Å². The first-order valence-electron chi connectivity index (χ1n) is 7.01. The molecule has 116 valence electrons. The van der Waals surface area contributed by atoms with E-state index in [1.165, 1.54) is 4.31 Å². The van der Waals surface area contributed by atoms with Gasteiger partial charge in [0.05, 0.1) is 4.90 Å². The molecule has 1 aliphatic rings. The molecule has 0 radical (unpaired) electrons. The lowest BCUT2D eigenvalue weighted by Crippen LogP contribution is -2.56. The van der Waals surface area contributed by atoms with E-state index in [1.54, 1.807) is 32.7 Å². The molecule has 21 heavy (non-hydrogen) atoms. The molecule has 1 unspecified atom stereocenters. The minimum Gasteiger partial charge on any atom is -0.343 e. The van der Waals surface area contributed by atoms with Gasteiger partial charge in [-0.05, 0) is 38.8 Å². The van der Waals surface area contributed by atoms with Crippen molar-refractivity contribution in [3.8, 4) is 0 Å². The van der Waals surface area contributed by atoms with Crippen LogP contribution >= 0.6 is 0 Å². The first-order valence-corrected chi connectivity index (χ1v) is 8.45. The van der Waals surface area contributed by atoms with Crippen molar-refractivity contribution >= 4 is 15.9 Å². The van der Waals surface area contributed by atoms with E-state index in [0.29, 0.717) is 18.0 Å². The summed E-state index contributed by atoms with van der Waals surface area (Å²) in [7, 11) is -1.96. The number of likely N-dealkylation sites (N-methyl/N-ethyl adjacent to an activating group) is 1. The predicted octanol–water partition coefficient (Wildman–Crippen LogP) is 1.46. The maximum Gasteiger partial charge on any atom is 0.244 e. The highest BCUT2D eigenvalue weighted by Gasteiger charge is 2.38. The van der Waals surface area contributed by atoms with E-state index in [1.807, 2.05) is 19.1 Å². The quantitative estimate of drug-likeness (QED) is 0.831. The van der Waals surface area contributed by atoms with E-state index in [2.05, 4.69) is 0 Å². The van der Waals surface area contributed by atoms with Crippen LogP contribution in [0.4, 0.5) is 0 Å². The second kappa shape index (κ2) is 5.42. The van der Waals surface area contributed by atoms with Gasteiger partial charge in [-0.1, -0.05) is 17.7 Å². The van der Waals surface area contributed by atoms with Gasteiger partial charge in [-0.25, -0.2) is 8.42 Å². The highest BCUT2D eigenvalue weighted by atomic mass is 32.2. The van der Waals surface area contributed by atoms with Crippen molar-refractivity contribution in [3.63, 3.8) is 0 Å². The van der Waals surface area contributed by atoms with Crippen molar-refractivity contribution in [1.29, 1.82) is 0 Å². The van der Waals surface area contributed by atoms with Gasteiger partial charge in [0.15, 0.2) is 0 Å². The van der Waals surface area contributed by atoms with Gasteiger partial charge in [0.1, 0.15) is 6.04 Å². The molecule has 0 bridgehead atoms. The molecule has 1 aromatic rings. The molecular weight excluding hydrogens is 288 g/mol. The Hall–Kier alpha value is -1.40.